The zero-order chi connectivity index (χ0) is 37.7. The maximum absolute atomic E-state index is 13.8. The van der Waals surface area contributed by atoms with Gasteiger partial charge in [-0.1, -0.05) is 45.4 Å². The first kappa shape index (κ1) is 41.2. The maximum Gasteiger partial charge on any atom is 0.308 e. The van der Waals surface area contributed by atoms with Crippen LogP contribution < -0.4 is 5.32 Å². The molecule has 5 rings (SSSR count). The molecule has 0 radical (unpaired) electrons. The first-order chi connectivity index (χ1) is 24.9. The summed E-state index contributed by atoms with van der Waals surface area (Å²) in [5.41, 5.74) is 0. The van der Waals surface area contributed by atoms with Gasteiger partial charge in [0.2, 0.25) is 5.91 Å². The second kappa shape index (κ2) is 18.6. The Hall–Kier alpha value is -1.99. The summed E-state index contributed by atoms with van der Waals surface area (Å²) in [6, 6.07) is -1.17. The molecule has 2 amide bonds. The Morgan fingerprint density at radius 3 is 2.19 bits per heavy atom. The van der Waals surface area contributed by atoms with Crippen molar-refractivity contribution in [3.63, 3.8) is 0 Å². The van der Waals surface area contributed by atoms with Crippen molar-refractivity contribution in [2.75, 3.05) is 26.8 Å². The Morgan fingerprint density at radius 2 is 1.60 bits per heavy atom. The SMILES string of the molecule is CCC1CC(C(=O)OC)C[C@@H](O[C@@H]2O[C@@H](CO)[C@H](O)C(O[C@@H](CC3CCCCC3)C(=O)N3CCC3)C2NC(C)=O)[C@@H]1O[C@@H]1OC(C)[C@@H](O)[C@H](O)C1O. The quantitative estimate of drug-likeness (QED) is 0.134. The third-order valence-corrected chi connectivity index (χ3v) is 11.7. The van der Waals surface area contributed by atoms with E-state index in [9.17, 15) is 39.9 Å². The molecular formula is C36H60N2O14. The van der Waals surface area contributed by atoms with Gasteiger partial charge in [0.25, 0.3) is 5.91 Å². The first-order valence-corrected chi connectivity index (χ1v) is 19.1. The Balaban J connectivity index is 1.45. The molecular weight excluding hydrogens is 684 g/mol. The van der Waals surface area contributed by atoms with Gasteiger partial charge in [-0.25, -0.2) is 0 Å². The summed E-state index contributed by atoms with van der Waals surface area (Å²) in [7, 11) is 1.29. The Labute approximate surface area is 305 Å². The van der Waals surface area contributed by atoms with E-state index < -0.39 is 104 Å². The summed E-state index contributed by atoms with van der Waals surface area (Å²) >= 11 is 0. The van der Waals surface area contributed by atoms with Crippen LogP contribution in [0.25, 0.3) is 0 Å². The summed E-state index contributed by atoms with van der Waals surface area (Å²) < 4.78 is 36.5. The van der Waals surface area contributed by atoms with Crippen molar-refractivity contribution < 1.29 is 68.3 Å². The minimum absolute atomic E-state index is 0.0691. The van der Waals surface area contributed by atoms with Gasteiger partial charge in [-0.05, 0) is 44.4 Å². The van der Waals surface area contributed by atoms with Crippen LogP contribution in [-0.2, 0) is 42.8 Å². The van der Waals surface area contributed by atoms with Gasteiger partial charge in [-0.3, -0.25) is 14.4 Å². The van der Waals surface area contributed by atoms with Crippen molar-refractivity contribution in [1.82, 2.24) is 10.2 Å². The van der Waals surface area contributed by atoms with Crippen LogP contribution in [0.1, 0.15) is 85.0 Å². The molecule has 3 saturated heterocycles. The van der Waals surface area contributed by atoms with E-state index in [1.54, 1.807) is 4.90 Å². The van der Waals surface area contributed by atoms with Crippen LogP contribution in [0, 0.1) is 17.8 Å². The molecule has 0 bridgehead atoms. The zero-order valence-corrected chi connectivity index (χ0v) is 30.8. The van der Waals surface area contributed by atoms with E-state index >= 15 is 0 Å². The van der Waals surface area contributed by atoms with Crippen LogP contribution in [0.15, 0.2) is 0 Å². The molecule has 6 unspecified atom stereocenters. The molecule has 0 aromatic heterocycles. The van der Waals surface area contributed by atoms with Crippen molar-refractivity contribution in [3.8, 4) is 0 Å². The number of aliphatic hydroxyl groups is 5. The molecule has 0 aromatic rings. The van der Waals surface area contributed by atoms with Crippen molar-refractivity contribution in [2.45, 2.75) is 165 Å². The van der Waals surface area contributed by atoms with Gasteiger partial charge in [-0.15, -0.1) is 0 Å². The average molecular weight is 745 g/mol. The number of amides is 2. The minimum atomic E-state index is -1.60. The number of nitrogens with zero attached hydrogens (tertiary/aromatic N) is 1. The van der Waals surface area contributed by atoms with Gasteiger partial charge in [0.15, 0.2) is 12.6 Å². The van der Waals surface area contributed by atoms with E-state index in [0.717, 1.165) is 38.5 Å². The molecule has 52 heavy (non-hydrogen) atoms. The molecule has 16 nitrogen and oxygen atoms in total. The van der Waals surface area contributed by atoms with Gasteiger partial charge in [0.05, 0.1) is 37.9 Å². The number of carbonyl (C=O) groups excluding carboxylic acids is 3. The number of hydrogen-bond donors (Lipinski definition) is 6. The molecule has 6 N–H and O–H groups in total. The van der Waals surface area contributed by atoms with Crippen LogP contribution in [-0.4, -0.2) is 155 Å². The van der Waals surface area contributed by atoms with Crippen LogP contribution >= 0.6 is 0 Å². The van der Waals surface area contributed by atoms with E-state index in [2.05, 4.69) is 5.32 Å². The molecule has 3 heterocycles. The lowest BCUT2D eigenvalue weighted by molar-refractivity contribution is -0.338. The standard InChI is InChI=1S/C36H60N2O14/c1-5-21-15-22(34(46)47-4)16-23(31(21)52-36-30(44)29(43)27(41)18(2)48-36)50-35-26(37-19(3)40)32(28(42)25(17-39)51-35)49-24(33(45)38-12-9-13-38)14-20-10-7-6-8-11-20/h18,20-32,35-36,39,41-44H,5-17H2,1-4H3,(H,37,40)/t18?,21?,22?,23-,24+,25+,26?,27-,28+,29+,30?,31-,32?,35-,36+/m1/s1. The molecule has 2 aliphatic carbocycles. The second-order valence-electron chi connectivity index (χ2n) is 15.3. The highest BCUT2D eigenvalue weighted by atomic mass is 16.7. The Bertz CT molecular complexity index is 1190. The van der Waals surface area contributed by atoms with E-state index in [-0.39, 0.29) is 24.2 Å². The topological polar surface area (TPSA) is 223 Å². The molecule has 15 atom stereocenters. The predicted octanol–water partition coefficient (Wildman–Crippen LogP) is -0.267. The normalized spacial score (nSPS) is 40.8. The largest absolute Gasteiger partial charge is 0.469 e. The Kier molecular flexibility index (Phi) is 14.7. The molecule has 0 spiro atoms. The number of rotatable bonds is 13. The number of aliphatic hydroxyl groups excluding tert-OH is 5. The zero-order valence-electron chi connectivity index (χ0n) is 30.8. The molecule has 5 aliphatic rings. The van der Waals surface area contributed by atoms with Crippen LogP contribution in [0.3, 0.4) is 0 Å². The fourth-order valence-electron chi connectivity index (χ4n) is 8.46. The number of carbonyl (C=O) groups is 3. The third kappa shape index (κ3) is 9.44. The Morgan fingerprint density at radius 1 is 0.885 bits per heavy atom. The van der Waals surface area contributed by atoms with Gasteiger partial charge in [0.1, 0.15) is 48.8 Å². The number of methoxy groups -OCH3 is 1. The maximum atomic E-state index is 13.8. The highest BCUT2D eigenvalue weighted by molar-refractivity contribution is 5.81. The third-order valence-electron chi connectivity index (χ3n) is 11.7. The van der Waals surface area contributed by atoms with Crippen molar-refractivity contribution in [1.29, 1.82) is 0 Å². The minimum Gasteiger partial charge on any atom is -0.469 e. The van der Waals surface area contributed by atoms with Gasteiger partial charge in [-0.2, -0.15) is 0 Å². The molecule has 16 heteroatoms. The van der Waals surface area contributed by atoms with Gasteiger partial charge in [0, 0.05) is 20.0 Å². The molecule has 5 fully saturated rings. The smallest absolute Gasteiger partial charge is 0.308 e. The van der Waals surface area contributed by atoms with Crippen molar-refractivity contribution in [2.24, 2.45) is 17.8 Å². The fourth-order valence-corrected chi connectivity index (χ4v) is 8.46. The van der Waals surface area contributed by atoms with Crippen molar-refractivity contribution >= 4 is 17.8 Å². The molecule has 298 valence electrons. The average Bonchev–Trinajstić information content (AvgIpc) is 3.11. The highest BCUT2D eigenvalue weighted by Crippen LogP contribution is 2.40. The number of likely N-dealkylation sites (tertiary alicyclic amines) is 1. The van der Waals surface area contributed by atoms with E-state index in [1.165, 1.54) is 21.0 Å². The lowest BCUT2D eigenvalue weighted by atomic mass is 9.76. The van der Waals surface area contributed by atoms with Gasteiger partial charge < -0.3 is 64.2 Å². The van der Waals surface area contributed by atoms with Crippen LogP contribution in [0.5, 0.6) is 0 Å². The monoisotopic (exact) mass is 744 g/mol. The summed E-state index contributed by atoms with van der Waals surface area (Å²) in [6.45, 7) is 5.32. The molecule has 0 aromatic carbocycles. The second-order valence-corrected chi connectivity index (χ2v) is 15.3. The predicted molar refractivity (Wildman–Crippen MR) is 181 cm³/mol. The number of nitrogens with one attached hydrogen (secondary N) is 1. The number of esters is 1. The fraction of sp³-hybridized carbons (Fsp3) is 0.917. The molecule has 2 saturated carbocycles. The number of ether oxygens (including phenoxy) is 6. The van der Waals surface area contributed by atoms with E-state index in [1.807, 2.05) is 6.92 Å². The molecule has 3 aliphatic heterocycles. The number of hydrogen-bond acceptors (Lipinski definition) is 14. The summed E-state index contributed by atoms with van der Waals surface area (Å²) in [5, 5.41) is 56.3. The summed E-state index contributed by atoms with van der Waals surface area (Å²) in [5.74, 6) is -1.85. The van der Waals surface area contributed by atoms with Crippen molar-refractivity contribution in [3.05, 3.63) is 0 Å². The first-order valence-electron chi connectivity index (χ1n) is 19.1. The summed E-state index contributed by atoms with van der Waals surface area (Å²) in [6.07, 6.45) is -7.30. The van der Waals surface area contributed by atoms with E-state index in [0.29, 0.717) is 32.4 Å². The lowest BCUT2D eigenvalue weighted by Crippen LogP contribution is -2.67. The van der Waals surface area contributed by atoms with E-state index in [4.69, 9.17) is 28.4 Å². The van der Waals surface area contributed by atoms with Crippen LogP contribution in [0.4, 0.5) is 0 Å². The van der Waals surface area contributed by atoms with Gasteiger partial charge >= 0.3 is 5.97 Å². The summed E-state index contributed by atoms with van der Waals surface area (Å²) in [4.78, 5) is 41.1. The van der Waals surface area contributed by atoms with Crippen LogP contribution in [0.2, 0.25) is 0 Å². The lowest BCUT2D eigenvalue weighted by Gasteiger charge is -2.49. The highest BCUT2D eigenvalue weighted by Gasteiger charge is 2.53.